The zero-order valence-electron chi connectivity index (χ0n) is 14.1. The monoisotopic (exact) mass is 342 g/mol. The Morgan fingerprint density at radius 1 is 0.654 bits per heavy atom. The van der Waals surface area contributed by atoms with E-state index in [2.05, 4.69) is 10.6 Å². The molecule has 1 amide bonds. The molecule has 0 aliphatic heterocycles. The topological polar surface area (TPSA) is 58.2 Å². The summed E-state index contributed by atoms with van der Waals surface area (Å²) in [6, 6.07) is 27.1. The van der Waals surface area contributed by atoms with Gasteiger partial charge in [-0.05, 0) is 24.3 Å². The molecule has 0 saturated carbocycles. The summed E-state index contributed by atoms with van der Waals surface area (Å²) >= 11 is 0. The van der Waals surface area contributed by atoms with Crippen molar-refractivity contribution in [2.45, 2.75) is 0 Å². The summed E-state index contributed by atoms with van der Waals surface area (Å²) in [5.41, 5.74) is 1.91. The fraction of sp³-hybridized carbons (Fsp3) is 0. The van der Waals surface area contributed by atoms with Crippen molar-refractivity contribution < 1.29 is 9.59 Å². The smallest absolute Gasteiger partial charge is 0.261 e. The number of anilines is 2. The number of rotatable bonds is 6. The number of nitrogens with one attached hydrogen (secondary N) is 2. The van der Waals surface area contributed by atoms with Gasteiger partial charge in [-0.3, -0.25) is 9.59 Å². The molecular formula is C22H18N2O2. The lowest BCUT2D eigenvalue weighted by molar-refractivity contribution is -0.112. The third-order valence-electron chi connectivity index (χ3n) is 3.71. The van der Waals surface area contributed by atoms with Crippen LogP contribution in [-0.4, -0.2) is 11.7 Å². The first-order valence-corrected chi connectivity index (χ1v) is 8.22. The molecule has 3 aromatic rings. The first-order chi connectivity index (χ1) is 12.7. The van der Waals surface area contributed by atoms with Gasteiger partial charge < -0.3 is 10.6 Å². The number of benzene rings is 3. The minimum absolute atomic E-state index is 0.0314. The summed E-state index contributed by atoms with van der Waals surface area (Å²) in [4.78, 5) is 25.5. The number of para-hydroxylation sites is 2. The van der Waals surface area contributed by atoms with Crippen LogP contribution >= 0.6 is 0 Å². The fourth-order valence-corrected chi connectivity index (χ4v) is 2.39. The van der Waals surface area contributed by atoms with Crippen molar-refractivity contribution in [3.8, 4) is 0 Å². The molecule has 0 radical (unpaired) electrons. The Bertz CT molecular complexity index is 905. The van der Waals surface area contributed by atoms with Gasteiger partial charge in [-0.15, -0.1) is 0 Å². The lowest BCUT2D eigenvalue weighted by Crippen LogP contribution is -2.21. The van der Waals surface area contributed by atoms with Crippen LogP contribution in [0.1, 0.15) is 10.4 Å². The zero-order valence-corrected chi connectivity index (χ0v) is 14.1. The molecule has 0 unspecified atom stereocenters. The zero-order chi connectivity index (χ0) is 18.2. The van der Waals surface area contributed by atoms with Crippen molar-refractivity contribution in [1.82, 2.24) is 0 Å². The van der Waals surface area contributed by atoms with E-state index in [1.54, 1.807) is 36.4 Å². The second-order valence-electron chi connectivity index (χ2n) is 5.58. The minimum Gasteiger partial charge on any atom is -0.361 e. The lowest BCUT2D eigenvalue weighted by atomic mass is 10.0. The molecule has 2 N–H and O–H groups in total. The van der Waals surface area contributed by atoms with Gasteiger partial charge in [0.25, 0.3) is 5.91 Å². The predicted molar refractivity (Wildman–Crippen MR) is 104 cm³/mol. The molecular weight excluding hydrogens is 324 g/mol. The van der Waals surface area contributed by atoms with Gasteiger partial charge >= 0.3 is 0 Å². The standard InChI is InChI=1S/C22H18N2O2/c25-21(17-10-4-1-5-11-17)20(16-23-18-12-6-2-7-13-18)22(26)24-19-14-8-3-9-15-19/h1-16,23H,(H,24,26). The maximum atomic E-state index is 12.8. The summed E-state index contributed by atoms with van der Waals surface area (Å²) in [7, 11) is 0. The van der Waals surface area contributed by atoms with Crippen LogP contribution < -0.4 is 10.6 Å². The average Bonchev–Trinajstić information content (AvgIpc) is 2.70. The van der Waals surface area contributed by atoms with Crippen LogP contribution in [0.5, 0.6) is 0 Å². The highest BCUT2D eigenvalue weighted by Crippen LogP contribution is 2.14. The molecule has 128 valence electrons. The number of carbonyl (C=O) groups excluding carboxylic acids is 2. The minimum atomic E-state index is -0.464. The van der Waals surface area contributed by atoms with Gasteiger partial charge in [0, 0.05) is 23.1 Å². The van der Waals surface area contributed by atoms with Gasteiger partial charge in [-0.25, -0.2) is 0 Å². The van der Waals surface area contributed by atoms with E-state index in [-0.39, 0.29) is 11.4 Å². The largest absolute Gasteiger partial charge is 0.361 e. The quantitative estimate of drug-likeness (QED) is 0.300. The fourth-order valence-electron chi connectivity index (χ4n) is 2.39. The van der Waals surface area contributed by atoms with Crippen LogP contribution in [0.25, 0.3) is 0 Å². The Hall–Kier alpha value is -3.66. The Labute approximate surface area is 152 Å². The van der Waals surface area contributed by atoms with E-state index in [4.69, 9.17) is 0 Å². The molecule has 0 saturated heterocycles. The van der Waals surface area contributed by atoms with Gasteiger partial charge in [-0.2, -0.15) is 0 Å². The van der Waals surface area contributed by atoms with E-state index < -0.39 is 5.91 Å². The molecule has 0 aliphatic carbocycles. The highest BCUT2D eigenvalue weighted by molar-refractivity contribution is 6.28. The summed E-state index contributed by atoms with van der Waals surface area (Å²) in [6.45, 7) is 0. The van der Waals surface area contributed by atoms with E-state index in [0.717, 1.165) is 5.69 Å². The van der Waals surface area contributed by atoms with Gasteiger partial charge in [0.05, 0.1) is 0 Å². The summed E-state index contributed by atoms with van der Waals surface area (Å²) in [5.74, 6) is -0.809. The second kappa shape index (κ2) is 8.44. The van der Waals surface area contributed by atoms with Gasteiger partial charge in [0.2, 0.25) is 0 Å². The third kappa shape index (κ3) is 4.45. The Morgan fingerprint density at radius 2 is 1.15 bits per heavy atom. The van der Waals surface area contributed by atoms with Crippen LogP contribution in [0.3, 0.4) is 0 Å². The second-order valence-corrected chi connectivity index (χ2v) is 5.58. The van der Waals surface area contributed by atoms with E-state index in [0.29, 0.717) is 11.3 Å². The molecule has 3 aromatic carbocycles. The first-order valence-electron chi connectivity index (χ1n) is 8.22. The van der Waals surface area contributed by atoms with E-state index in [1.807, 2.05) is 54.6 Å². The summed E-state index contributed by atoms with van der Waals surface area (Å²) in [6.07, 6.45) is 1.45. The Kier molecular flexibility index (Phi) is 5.58. The van der Waals surface area contributed by atoms with Crippen molar-refractivity contribution in [3.05, 3.63) is 108 Å². The normalized spacial score (nSPS) is 10.8. The van der Waals surface area contributed by atoms with Gasteiger partial charge in [0.15, 0.2) is 5.78 Å². The molecule has 0 spiro atoms. The Balaban J connectivity index is 1.87. The van der Waals surface area contributed by atoms with Crippen molar-refractivity contribution in [3.63, 3.8) is 0 Å². The van der Waals surface area contributed by atoms with Crippen LogP contribution in [0.15, 0.2) is 103 Å². The maximum absolute atomic E-state index is 12.8. The molecule has 0 heterocycles. The van der Waals surface area contributed by atoms with Gasteiger partial charge in [0.1, 0.15) is 5.57 Å². The van der Waals surface area contributed by atoms with E-state index >= 15 is 0 Å². The first kappa shape index (κ1) is 17.2. The molecule has 0 aliphatic rings. The molecule has 0 fully saturated rings. The molecule has 4 heteroatoms. The molecule has 0 aromatic heterocycles. The molecule has 0 bridgehead atoms. The number of amides is 1. The highest BCUT2D eigenvalue weighted by atomic mass is 16.2. The van der Waals surface area contributed by atoms with E-state index in [1.165, 1.54) is 6.20 Å². The number of hydrogen-bond donors (Lipinski definition) is 2. The average molecular weight is 342 g/mol. The third-order valence-corrected chi connectivity index (χ3v) is 3.71. The van der Waals surface area contributed by atoms with Gasteiger partial charge in [-0.1, -0.05) is 66.7 Å². The number of carbonyl (C=O) groups is 2. The molecule has 3 rings (SSSR count). The van der Waals surface area contributed by atoms with Crippen molar-refractivity contribution >= 4 is 23.1 Å². The molecule has 4 nitrogen and oxygen atoms in total. The molecule has 0 atom stereocenters. The molecule has 26 heavy (non-hydrogen) atoms. The maximum Gasteiger partial charge on any atom is 0.261 e. The van der Waals surface area contributed by atoms with Crippen molar-refractivity contribution in [2.24, 2.45) is 0 Å². The highest BCUT2D eigenvalue weighted by Gasteiger charge is 2.20. The Morgan fingerprint density at radius 3 is 1.73 bits per heavy atom. The predicted octanol–water partition coefficient (Wildman–Crippen LogP) is 4.50. The SMILES string of the molecule is O=C(Nc1ccccc1)C(=CNc1ccccc1)C(=O)c1ccccc1. The van der Waals surface area contributed by atoms with Crippen LogP contribution in [0.4, 0.5) is 11.4 Å². The van der Waals surface area contributed by atoms with Crippen LogP contribution in [-0.2, 0) is 4.79 Å². The summed E-state index contributed by atoms with van der Waals surface area (Å²) in [5, 5.41) is 5.78. The van der Waals surface area contributed by atoms with Crippen LogP contribution in [0.2, 0.25) is 0 Å². The number of ketones is 1. The van der Waals surface area contributed by atoms with E-state index in [9.17, 15) is 9.59 Å². The lowest BCUT2D eigenvalue weighted by Gasteiger charge is -2.10. The summed E-state index contributed by atoms with van der Waals surface area (Å²) < 4.78 is 0. The number of Topliss-reactive ketones (excluding diaryl/α,β-unsaturated/α-hetero) is 1. The van der Waals surface area contributed by atoms with Crippen molar-refractivity contribution in [2.75, 3.05) is 10.6 Å². The van der Waals surface area contributed by atoms with Crippen molar-refractivity contribution in [1.29, 1.82) is 0 Å². The van der Waals surface area contributed by atoms with Crippen LogP contribution in [0, 0.1) is 0 Å². The number of hydrogen-bond acceptors (Lipinski definition) is 3.